The fourth-order valence-electron chi connectivity index (χ4n) is 2.48. The Morgan fingerprint density at radius 3 is 2.52 bits per heavy atom. The zero-order valence-electron chi connectivity index (χ0n) is 13.9. The van der Waals surface area contributed by atoms with Crippen molar-refractivity contribution in [2.75, 3.05) is 18.0 Å². The number of hydrogen-bond donors (Lipinski definition) is 1. The summed E-state index contributed by atoms with van der Waals surface area (Å²) in [5.74, 6) is 0.922. The van der Waals surface area contributed by atoms with Gasteiger partial charge in [-0.15, -0.1) is 0 Å². The Morgan fingerprint density at radius 2 is 2.00 bits per heavy atom. The second-order valence-corrected chi connectivity index (χ2v) is 8.13. The highest BCUT2D eigenvalue weighted by molar-refractivity contribution is 9.10. The van der Waals surface area contributed by atoms with Gasteiger partial charge in [-0.2, -0.15) is 0 Å². The molecule has 0 saturated heterocycles. The normalized spacial score (nSPS) is 15.3. The highest BCUT2D eigenvalue weighted by Crippen LogP contribution is 2.34. The van der Waals surface area contributed by atoms with Crippen molar-refractivity contribution < 1.29 is 0 Å². The van der Waals surface area contributed by atoms with E-state index in [1.54, 1.807) is 0 Å². The van der Waals surface area contributed by atoms with Crippen molar-refractivity contribution in [2.24, 2.45) is 5.92 Å². The molecule has 1 aliphatic rings. The molecular weight excluding hydrogens is 324 g/mol. The summed E-state index contributed by atoms with van der Waals surface area (Å²) in [4.78, 5) is 2.54. The predicted molar refractivity (Wildman–Crippen MR) is 96.0 cm³/mol. The smallest absolute Gasteiger partial charge is 0.0510 e. The lowest BCUT2D eigenvalue weighted by Gasteiger charge is -2.26. The molecule has 1 fully saturated rings. The number of anilines is 1. The van der Waals surface area contributed by atoms with Crippen molar-refractivity contribution in [3.05, 3.63) is 28.2 Å². The summed E-state index contributed by atoms with van der Waals surface area (Å²) in [5.41, 5.74) is 2.84. The molecule has 0 atom stereocenters. The molecule has 0 heterocycles. The molecule has 0 spiro atoms. The molecule has 1 saturated carbocycles. The number of nitrogens with one attached hydrogen (secondary N) is 1. The Kier molecular flexibility index (Phi) is 5.73. The Hall–Kier alpha value is -0.540. The number of nitrogens with zero attached hydrogens (tertiary/aromatic N) is 1. The van der Waals surface area contributed by atoms with E-state index in [0.717, 1.165) is 19.0 Å². The number of halogens is 1. The van der Waals surface area contributed by atoms with E-state index in [4.69, 9.17) is 0 Å². The molecule has 2 nitrogen and oxygen atoms in total. The average molecular weight is 353 g/mol. The fourth-order valence-corrected chi connectivity index (χ4v) is 3.15. The van der Waals surface area contributed by atoms with Gasteiger partial charge in [0.15, 0.2) is 0 Å². The minimum absolute atomic E-state index is 0.158. The first-order chi connectivity index (χ1) is 9.89. The van der Waals surface area contributed by atoms with Crippen LogP contribution in [0, 0.1) is 5.92 Å². The maximum Gasteiger partial charge on any atom is 0.0510 e. The summed E-state index contributed by atoms with van der Waals surface area (Å²) in [6, 6.07) is 6.81. The van der Waals surface area contributed by atoms with Crippen LogP contribution in [0.5, 0.6) is 0 Å². The highest BCUT2D eigenvalue weighted by atomic mass is 79.9. The van der Waals surface area contributed by atoms with Gasteiger partial charge in [0.2, 0.25) is 0 Å². The molecule has 1 aliphatic carbocycles. The van der Waals surface area contributed by atoms with E-state index >= 15 is 0 Å². The molecule has 3 heteroatoms. The lowest BCUT2D eigenvalue weighted by Crippen LogP contribution is -2.35. The summed E-state index contributed by atoms with van der Waals surface area (Å²) in [6.45, 7) is 12.1. The number of rotatable bonds is 7. The van der Waals surface area contributed by atoms with E-state index in [1.807, 2.05) is 0 Å². The van der Waals surface area contributed by atoms with Crippen LogP contribution in [0.4, 0.5) is 5.69 Å². The molecule has 1 aromatic carbocycles. The summed E-state index contributed by atoms with van der Waals surface area (Å²) in [7, 11) is 0. The standard InChI is InChI=1S/C18H29BrN2/c1-5-10-21(13-14-6-7-14)17-9-8-15(11-16(17)19)12-20-18(2,3)4/h8-9,11,14,20H,5-7,10,12-13H2,1-4H3. The number of benzene rings is 1. The maximum absolute atomic E-state index is 3.78. The zero-order valence-corrected chi connectivity index (χ0v) is 15.5. The van der Waals surface area contributed by atoms with Gasteiger partial charge in [0, 0.05) is 29.6 Å². The third kappa shape index (κ3) is 5.63. The first-order valence-corrected chi connectivity index (χ1v) is 8.97. The topological polar surface area (TPSA) is 15.3 Å². The van der Waals surface area contributed by atoms with Crippen molar-refractivity contribution in [3.63, 3.8) is 0 Å². The molecule has 0 aliphatic heterocycles. The van der Waals surface area contributed by atoms with Crippen molar-refractivity contribution in [1.29, 1.82) is 0 Å². The SMILES string of the molecule is CCCN(CC1CC1)c1ccc(CNC(C)(C)C)cc1Br. The predicted octanol–water partition coefficient (Wildman–Crippen LogP) is 4.96. The van der Waals surface area contributed by atoms with Gasteiger partial charge in [-0.1, -0.05) is 13.0 Å². The molecule has 1 aromatic rings. The van der Waals surface area contributed by atoms with Gasteiger partial charge in [0.25, 0.3) is 0 Å². The quantitative estimate of drug-likeness (QED) is 0.745. The Morgan fingerprint density at radius 1 is 1.29 bits per heavy atom. The fraction of sp³-hybridized carbons (Fsp3) is 0.667. The van der Waals surface area contributed by atoms with Gasteiger partial charge < -0.3 is 10.2 Å². The molecular formula is C18H29BrN2. The minimum Gasteiger partial charge on any atom is -0.370 e. The van der Waals surface area contributed by atoms with Crippen molar-refractivity contribution in [1.82, 2.24) is 5.32 Å². The summed E-state index contributed by atoms with van der Waals surface area (Å²) in [6.07, 6.45) is 4.02. The van der Waals surface area contributed by atoms with Gasteiger partial charge >= 0.3 is 0 Å². The third-order valence-corrected chi connectivity index (χ3v) is 4.48. The molecule has 21 heavy (non-hydrogen) atoms. The van der Waals surface area contributed by atoms with Crippen LogP contribution in [-0.2, 0) is 6.54 Å². The first kappa shape index (κ1) is 16.8. The van der Waals surface area contributed by atoms with E-state index in [2.05, 4.69) is 72.0 Å². The molecule has 0 amide bonds. The van der Waals surface area contributed by atoms with Crippen LogP contribution in [-0.4, -0.2) is 18.6 Å². The van der Waals surface area contributed by atoms with E-state index in [1.165, 1.54) is 41.5 Å². The van der Waals surface area contributed by atoms with E-state index in [9.17, 15) is 0 Å². The lowest BCUT2D eigenvalue weighted by atomic mass is 10.1. The van der Waals surface area contributed by atoms with Crippen LogP contribution in [0.25, 0.3) is 0 Å². The van der Waals surface area contributed by atoms with Crippen LogP contribution in [0.15, 0.2) is 22.7 Å². The molecule has 0 aromatic heterocycles. The Labute approximate surface area is 138 Å². The summed E-state index contributed by atoms with van der Waals surface area (Å²) in [5, 5.41) is 3.55. The van der Waals surface area contributed by atoms with Gasteiger partial charge in [0.05, 0.1) is 5.69 Å². The Balaban J connectivity index is 2.05. The Bertz CT molecular complexity index is 461. The van der Waals surface area contributed by atoms with Crippen LogP contribution in [0.2, 0.25) is 0 Å². The van der Waals surface area contributed by atoms with E-state index in [-0.39, 0.29) is 5.54 Å². The van der Waals surface area contributed by atoms with Gasteiger partial charge in [-0.05, 0) is 79.6 Å². The summed E-state index contributed by atoms with van der Waals surface area (Å²) < 4.78 is 1.23. The second kappa shape index (κ2) is 7.15. The van der Waals surface area contributed by atoms with E-state index < -0.39 is 0 Å². The van der Waals surface area contributed by atoms with Gasteiger partial charge in [0.1, 0.15) is 0 Å². The van der Waals surface area contributed by atoms with Crippen molar-refractivity contribution in [2.45, 2.75) is 59.0 Å². The molecule has 1 N–H and O–H groups in total. The average Bonchev–Trinajstić information content (AvgIpc) is 3.19. The third-order valence-electron chi connectivity index (χ3n) is 3.84. The van der Waals surface area contributed by atoms with Crippen LogP contribution < -0.4 is 10.2 Å². The van der Waals surface area contributed by atoms with Crippen molar-refractivity contribution in [3.8, 4) is 0 Å². The van der Waals surface area contributed by atoms with Crippen LogP contribution in [0.1, 0.15) is 52.5 Å². The number of hydrogen-bond acceptors (Lipinski definition) is 2. The monoisotopic (exact) mass is 352 g/mol. The van der Waals surface area contributed by atoms with E-state index in [0.29, 0.717) is 0 Å². The van der Waals surface area contributed by atoms with Crippen LogP contribution >= 0.6 is 15.9 Å². The minimum atomic E-state index is 0.158. The molecule has 0 radical (unpaired) electrons. The lowest BCUT2D eigenvalue weighted by molar-refractivity contribution is 0.424. The van der Waals surface area contributed by atoms with Crippen molar-refractivity contribution >= 4 is 21.6 Å². The molecule has 0 bridgehead atoms. The maximum atomic E-state index is 3.78. The zero-order chi connectivity index (χ0) is 15.5. The van der Waals surface area contributed by atoms with Gasteiger partial charge in [-0.3, -0.25) is 0 Å². The summed E-state index contributed by atoms with van der Waals surface area (Å²) >= 11 is 3.78. The van der Waals surface area contributed by atoms with Crippen LogP contribution in [0.3, 0.4) is 0 Å². The highest BCUT2D eigenvalue weighted by Gasteiger charge is 2.25. The molecule has 0 unspecified atom stereocenters. The first-order valence-electron chi connectivity index (χ1n) is 8.17. The van der Waals surface area contributed by atoms with Gasteiger partial charge in [-0.25, -0.2) is 0 Å². The largest absolute Gasteiger partial charge is 0.370 e. The molecule has 118 valence electrons. The molecule has 2 rings (SSSR count). The second-order valence-electron chi connectivity index (χ2n) is 7.28.